The molecule has 1 aliphatic rings. The maximum atomic E-state index is 9.03. The topological polar surface area (TPSA) is 69.9 Å². The second-order valence-electron chi connectivity index (χ2n) is 2.63. The van der Waals surface area contributed by atoms with E-state index in [2.05, 4.69) is 0 Å². The molecule has 1 rings (SSSR count). The van der Waals surface area contributed by atoms with Crippen LogP contribution >= 0.6 is 0 Å². The van der Waals surface area contributed by atoms with Gasteiger partial charge in [0.1, 0.15) is 6.10 Å². The molecule has 3 N–H and O–H groups in total. The average molecular weight is 148 g/mol. The molecule has 1 aliphatic heterocycles. The number of ether oxygens (including phenoxy) is 1. The lowest BCUT2D eigenvalue weighted by Gasteiger charge is -2.32. The average Bonchev–Trinajstić information content (AvgIpc) is 1.82. The van der Waals surface area contributed by atoms with Crippen molar-refractivity contribution >= 4 is 0 Å². The minimum absolute atomic E-state index is 0.187. The number of hydrogen-bond acceptors (Lipinski definition) is 4. The molecule has 10 heavy (non-hydrogen) atoms. The molecule has 0 saturated carbocycles. The highest BCUT2D eigenvalue weighted by Gasteiger charge is 2.33. The van der Waals surface area contributed by atoms with Crippen LogP contribution in [0.3, 0.4) is 0 Å². The van der Waals surface area contributed by atoms with E-state index in [1.165, 1.54) is 0 Å². The summed E-state index contributed by atoms with van der Waals surface area (Å²) in [6, 6.07) is 0. The first-order valence-corrected chi connectivity index (χ1v) is 3.31. The number of aliphatic hydroxyl groups excluding tert-OH is 3. The van der Waals surface area contributed by atoms with E-state index in [9.17, 15) is 0 Å². The van der Waals surface area contributed by atoms with Crippen LogP contribution in [0.2, 0.25) is 0 Å². The summed E-state index contributed by atoms with van der Waals surface area (Å²) >= 11 is 0. The van der Waals surface area contributed by atoms with Crippen LogP contribution in [0.4, 0.5) is 0 Å². The predicted octanol–water partition coefficient (Wildman–Crippen LogP) is -1.16. The largest absolute Gasteiger partial charge is 0.390 e. The minimum atomic E-state index is -1.24. The van der Waals surface area contributed by atoms with Gasteiger partial charge in [-0.1, -0.05) is 0 Å². The lowest BCUT2D eigenvalue weighted by atomic mass is 10.0. The fraction of sp³-hybridized carbons (Fsp3) is 1.00. The van der Waals surface area contributed by atoms with E-state index in [0.29, 0.717) is 6.42 Å². The van der Waals surface area contributed by atoms with E-state index < -0.39 is 18.5 Å². The maximum Gasteiger partial charge on any atom is 0.183 e. The van der Waals surface area contributed by atoms with E-state index >= 15 is 0 Å². The molecule has 60 valence electrons. The highest BCUT2D eigenvalue weighted by molar-refractivity contribution is 4.77. The minimum Gasteiger partial charge on any atom is -0.390 e. The van der Waals surface area contributed by atoms with Gasteiger partial charge in [0, 0.05) is 6.42 Å². The van der Waals surface area contributed by atoms with Crippen molar-refractivity contribution in [3.05, 3.63) is 0 Å². The highest BCUT2D eigenvalue weighted by Crippen LogP contribution is 2.17. The summed E-state index contributed by atoms with van der Waals surface area (Å²) in [6.07, 6.45) is -3.07. The number of hydrogen-bond donors (Lipinski definition) is 3. The summed E-state index contributed by atoms with van der Waals surface area (Å²) in [5, 5.41) is 26.9. The van der Waals surface area contributed by atoms with Crippen molar-refractivity contribution in [2.75, 3.05) is 0 Å². The Hall–Kier alpha value is -0.160. The fourth-order valence-corrected chi connectivity index (χ4v) is 1.04. The van der Waals surface area contributed by atoms with E-state index in [1.54, 1.807) is 6.92 Å². The number of rotatable bonds is 0. The molecule has 1 fully saturated rings. The molecule has 4 heteroatoms. The van der Waals surface area contributed by atoms with E-state index in [4.69, 9.17) is 20.1 Å². The standard InChI is InChI=1S/C6H12O4/c1-3-2-4(7)5(8)6(9)10-3/h3-9H,2H2,1H3/t3-,4+,5-,6+/m1/s1. The third-order valence-electron chi connectivity index (χ3n) is 1.63. The van der Waals surface area contributed by atoms with E-state index in [-0.39, 0.29) is 6.10 Å². The van der Waals surface area contributed by atoms with Crippen molar-refractivity contribution in [1.29, 1.82) is 0 Å². The molecular formula is C6H12O4. The Kier molecular flexibility index (Phi) is 2.25. The normalized spacial score (nSPS) is 49.2. The molecule has 0 aromatic heterocycles. The summed E-state index contributed by atoms with van der Waals surface area (Å²) in [6.45, 7) is 1.73. The molecule has 0 radical (unpaired) electrons. The number of aliphatic hydroxyl groups is 3. The zero-order chi connectivity index (χ0) is 7.72. The van der Waals surface area contributed by atoms with Crippen LogP contribution in [0, 0.1) is 0 Å². The molecule has 0 aromatic rings. The predicted molar refractivity (Wildman–Crippen MR) is 33.2 cm³/mol. The van der Waals surface area contributed by atoms with Crippen LogP contribution in [0.1, 0.15) is 13.3 Å². The van der Waals surface area contributed by atoms with E-state index in [0.717, 1.165) is 0 Å². The van der Waals surface area contributed by atoms with Crippen LogP contribution in [-0.4, -0.2) is 39.9 Å². The molecule has 4 nitrogen and oxygen atoms in total. The molecular weight excluding hydrogens is 136 g/mol. The first kappa shape index (κ1) is 7.94. The van der Waals surface area contributed by atoms with E-state index in [1.807, 2.05) is 0 Å². The third kappa shape index (κ3) is 1.46. The van der Waals surface area contributed by atoms with Gasteiger partial charge < -0.3 is 20.1 Å². The Morgan fingerprint density at radius 3 is 2.40 bits per heavy atom. The van der Waals surface area contributed by atoms with Gasteiger partial charge in [0.15, 0.2) is 6.29 Å². The van der Waals surface area contributed by atoms with Crippen LogP contribution in [0.25, 0.3) is 0 Å². The van der Waals surface area contributed by atoms with Gasteiger partial charge in [0.2, 0.25) is 0 Å². The Morgan fingerprint density at radius 1 is 1.30 bits per heavy atom. The van der Waals surface area contributed by atoms with Crippen molar-refractivity contribution in [3.8, 4) is 0 Å². The van der Waals surface area contributed by atoms with Crippen molar-refractivity contribution in [2.24, 2.45) is 0 Å². The van der Waals surface area contributed by atoms with Gasteiger partial charge in [-0.3, -0.25) is 0 Å². The molecule has 1 heterocycles. The molecule has 0 aliphatic carbocycles. The Bertz CT molecular complexity index is 104. The van der Waals surface area contributed by atoms with Crippen molar-refractivity contribution in [1.82, 2.24) is 0 Å². The van der Waals surface area contributed by atoms with Crippen molar-refractivity contribution in [3.63, 3.8) is 0 Å². The van der Waals surface area contributed by atoms with Gasteiger partial charge in [0.05, 0.1) is 12.2 Å². The van der Waals surface area contributed by atoms with Crippen LogP contribution in [0.15, 0.2) is 0 Å². The monoisotopic (exact) mass is 148 g/mol. The summed E-state index contributed by atoms with van der Waals surface area (Å²) < 4.78 is 4.81. The zero-order valence-corrected chi connectivity index (χ0v) is 5.77. The van der Waals surface area contributed by atoms with Crippen LogP contribution in [0.5, 0.6) is 0 Å². The summed E-state index contributed by atoms with van der Waals surface area (Å²) in [5.41, 5.74) is 0. The Morgan fingerprint density at radius 2 is 1.90 bits per heavy atom. The molecule has 0 bridgehead atoms. The molecule has 4 atom stereocenters. The SMILES string of the molecule is C[C@@H]1C[C@H](O)[C@@H](O)[C@@H](O)O1. The van der Waals surface area contributed by atoms with Gasteiger partial charge in [-0.2, -0.15) is 0 Å². The summed E-state index contributed by atoms with van der Waals surface area (Å²) in [4.78, 5) is 0. The Labute approximate surface area is 59.1 Å². The van der Waals surface area contributed by atoms with Gasteiger partial charge >= 0.3 is 0 Å². The lowest BCUT2D eigenvalue weighted by molar-refractivity contribution is -0.242. The maximum absolute atomic E-state index is 9.03. The summed E-state index contributed by atoms with van der Waals surface area (Å²) in [7, 11) is 0. The first-order valence-electron chi connectivity index (χ1n) is 3.31. The second kappa shape index (κ2) is 2.84. The second-order valence-corrected chi connectivity index (χ2v) is 2.63. The zero-order valence-electron chi connectivity index (χ0n) is 5.77. The van der Waals surface area contributed by atoms with Crippen molar-refractivity contribution < 1.29 is 20.1 Å². The molecule has 1 saturated heterocycles. The van der Waals surface area contributed by atoms with Crippen molar-refractivity contribution in [2.45, 2.75) is 37.9 Å². The van der Waals surface area contributed by atoms with Gasteiger partial charge in [0.25, 0.3) is 0 Å². The molecule has 0 amide bonds. The Balaban J connectivity index is 2.49. The smallest absolute Gasteiger partial charge is 0.183 e. The van der Waals surface area contributed by atoms with Gasteiger partial charge in [-0.15, -0.1) is 0 Å². The third-order valence-corrected chi connectivity index (χ3v) is 1.63. The van der Waals surface area contributed by atoms with Gasteiger partial charge in [-0.25, -0.2) is 0 Å². The first-order chi connectivity index (χ1) is 4.61. The summed E-state index contributed by atoms with van der Waals surface area (Å²) in [5.74, 6) is 0. The highest BCUT2D eigenvalue weighted by atomic mass is 16.6. The quantitative estimate of drug-likeness (QED) is 0.405. The fourth-order valence-electron chi connectivity index (χ4n) is 1.04. The molecule has 0 spiro atoms. The lowest BCUT2D eigenvalue weighted by Crippen LogP contribution is -2.47. The molecule has 0 unspecified atom stereocenters. The van der Waals surface area contributed by atoms with Crippen LogP contribution in [-0.2, 0) is 4.74 Å². The van der Waals surface area contributed by atoms with Gasteiger partial charge in [-0.05, 0) is 6.92 Å². The molecule has 0 aromatic carbocycles. The van der Waals surface area contributed by atoms with Crippen LogP contribution < -0.4 is 0 Å².